The molecule has 0 spiro atoms. The van der Waals surface area contributed by atoms with E-state index in [1.54, 1.807) is 24.3 Å². The van der Waals surface area contributed by atoms with Gasteiger partial charge >= 0.3 is 0 Å². The van der Waals surface area contributed by atoms with Crippen LogP contribution < -0.4 is 11.1 Å². The van der Waals surface area contributed by atoms with Crippen molar-refractivity contribution >= 4 is 28.2 Å². The van der Waals surface area contributed by atoms with Crippen molar-refractivity contribution < 1.29 is 13.2 Å². The Labute approximate surface area is 174 Å². The smallest absolute Gasteiger partial charge is 0.251 e. The molecule has 0 aromatic heterocycles. The van der Waals surface area contributed by atoms with Crippen LogP contribution >= 0.6 is 12.4 Å². The molecule has 0 saturated heterocycles. The number of nitrogens with two attached hydrogens (primary N) is 1. The third-order valence-corrected chi connectivity index (χ3v) is 9.14. The fraction of sp³-hybridized carbons (Fsp3) is 0.667. The molecule has 1 aromatic rings. The van der Waals surface area contributed by atoms with Gasteiger partial charge in [0, 0.05) is 17.6 Å². The van der Waals surface area contributed by atoms with E-state index in [2.05, 4.69) is 5.32 Å². The molecule has 156 valence electrons. The summed E-state index contributed by atoms with van der Waals surface area (Å²) in [5, 5.41) is 2.97. The maximum absolute atomic E-state index is 12.8. The number of halogens is 1. The predicted molar refractivity (Wildman–Crippen MR) is 112 cm³/mol. The minimum absolute atomic E-state index is 0. The van der Waals surface area contributed by atoms with Crippen molar-refractivity contribution in [3.8, 4) is 0 Å². The van der Waals surface area contributed by atoms with Crippen LogP contribution in [0.1, 0.15) is 68.1 Å². The highest BCUT2D eigenvalue weighted by atomic mass is 35.5. The number of benzene rings is 1. The average Bonchev–Trinajstić information content (AvgIpc) is 3.18. The second-order valence-electron chi connectivity index (χ2n) is 8.66. The number of hydrogen-bond acceptors (Lipinski definition) is 4. The molecule has 3 N–H and O–H groups in total. The van der Waals surface area contributed by atoms with E-state index in [1.165, 1.54) is 6.42 Å². The van der Waals surface area contributed by atoms with E-state index in [9.17, 15) is 13.2 Å². The third kappa shape index (κ3) is 4.24. The normalized spacial score (nSPS) is 30.5. The highest BCUT2D eigenvalue weighted by Crippen LogP contribution is 2.39. The minimum Gasteiger partial charge on any atom is -0.349 e. The first kappa shape index (κ1) is 21.6. The van der Waals surface area contributed by atoms with E-state index in [4.69, 9.17) is 5.73 Å². The lowest BCUT2D eigenvalue weighted by molar-refractivity contribution is 0.0756. The van der Waals surface area contributed by atoms with Gasteiger partial charge in [0.05, 0.1) is 10.1 Å². The third-order valence-electron chi connectivity index (χ3n) is 6.86. The number of sulfone groups is 1. The zero-order chi connectivity index (χ0) is 19.0. The van der Waals surface area contributed by atoms with Gasteiger partial charge in [-0.05, 0) is 74.6 Å². The summed E-state index contributed by atoms with van der Waals surface area (Å²) >= 11 is 0. The fourth-order valence-corrected chi connectivity index (χ4v) is 7.30. The Kier molecular flexibility index (Phi) is 6.72. The molecule has 3 aliphatic rings. The molecule has 0 radical (unpaired) electrons. The van der Waals surface area contributed by atoms with Crippen LogP contribution in [0.4, 0.5) is 0 Å². The van der Waals surface area contributed by atoms with Gasteiger partial charge in [-0.3, -0.25) is 4.79 Å². The molecule has 0 heterocycles. The Morgan fingerprint density at radius 1 is 0.929 bits per heavy atom. The van der Waals surface area contributed by atoms with Crippen molar-refractivity contribution in [3.63, 3.8) is 0 Å². The number of nitrogens with one attached hydrogen (secondary N) is 1. The molecule has 28 heavy (non-hydrogen) atoms. The number of carbonyl (C=O) groups is 1. The largest absolute Gasteiger partial charge is 0.349 e. The number of carbonyl (C=O) groups excluding carboxylic acids is 1. The molecule has 5 nitrogen and oxygen atoms in total. The Hall–Kier alpha value is -1.11. The molecule has 1 amide bonds. The summed E-state index contributed by atoms with van der Waals surface area (Å²) < 4.78 is 25.4. The molecule has 1 aromatic carbocycles. The SMILES string of the molecule is Cl.NC1CC2CCCC(C1)C2NC(=O)c1ccc(S(=O)(=O)C2CCCC2)cc1. The Bertz CT molecular complexity index is 776. The maximum Gasteiger partial charge on any atom is 0.251 e. The van der Waals surface area contributed by atoms with Gasteiger partial charge in [0.2, 0.25) is 0 Å². The highest BCUT2D eigenvalue weighted by Gasteiger charge is 2.40. The lowest BCUT2D eigenvalue weighted by Gasteiger charge is -2.45. The first-order chi connectivity index (χ1) is 12.9. The molecule has 3 aliphatic carbocycles. The molecule has 2 bridgehead atoms. The summed E-state index contributed by atoms with van der Waals surface area (Å²) in [5.74, 6) is 0.842. The maximum atomic E-state index is 12.8. The molecular formula is C21H31ClN2O3S. The van der Waals surface area contributed by atoms with E-state index in [1.807, 2.05) is 0 Å². The summed E-state index contributed by atoms with van der Waals surface area (Å²) in [6.07, 6.45) is 8.92. The molecule has 0 aliphatic heterocycles. The predicted octanol–water partition coefficient (Wildman–Crippen LogP) is 3.46. The zero-order valence-corrected chi connectivity index (χ0v) is 17.8. The van der Waals surface area contributed by atoms with Crippen LogP contribution in [0.2, 0.25) is 0 Å². The minimum atomic E-state index is -3.27. The summed E-state index contributed by atoms with van der Waals surface area (Å²) in [7, 11) is -3.27. The average molecular weight is 427 g/mol. The van der Waals surface area contributed by atoms with Gasteiger partial charge in [-0.2, -0.15) is 0 Å². The first-order valence-corrected chi connectivity index (χ1v) is 11.9. The zero-order valence-electron chi connectivity index (χ0n) is 16.2. The van der Waals surface area contributed by atoms with Gasteiger partial charge in [-0.1, -0.05) is 19.3 Å². The molecule has 2 unspecified atom stereocenters. The summed E-state index contributed by atoms with van der Waals surface area (Å²) in [5.41, 5.74) is 6.70. The monoisotopic (exact) mass is 426 g/mol. The quantitative estimate of drug-likeness (QED) is 0.771. The standard InChI is InChI=1S/C21H30N2O3S.ClH/c22-17-12-15-4-3-5-16(13-17)20(15)23-21(24)14-8-10-19(11-9-14)27(25,26)18-6-1-2-7-18;/h8-11,15-18,20H,1-7,12-13,22H2,(H,23,24);1H. The lowest BCUT2D eigenvalue weighted by Crippen LogP contribution is -2.53. The summed E-state index contributed by atoms with van der Waals surface area (Å²) in [6.45, 7) is 0. The van der Waals surface area contributed by atoms with E-state index < -0.39 is 9.84 Å². The van der Waals surface area contributed by atoms with Gasteiger partial charge in [-0.25, -0.2) is 8.42 Å². The summed E-state index contributed by atoms with van der Waals surface area (Å²) in [6, 6.07) is 6.96. The summed E-state index contributed by atoms with van der Waals surface area (Å²) in [4.78, 5) is 13.1. The van der Waals surface area contributed by atoms with Crippen LogP contribution in [-0.4, -0.2) is 31.7 Å². The van der Waals surface area contributed by atoms with Crippen molar-refractivity contribution in [1.82, 2.24) is 5.32 Å². The highest BCUT2D eigenvalue weighted by molar-refractivity contribution is 7.92. The van der Waals surface area contributed by atoms with Crippen LogP contribution in [0, 0.1) is 11.8 Å². The van der Waals surface area contributed by atoms with Crippen LogP contribution in [0.15, 0.2) is 29.2 Å². The molecule has 3 fully saturated rings. The van der Waals surface area contributed by atoms with Crippen LogP contribution in [0.3, 0.4) is 0 Å². The van der Waals surface area contributed by atoms with Crippen molar-refractivity contribution in [2.45, 2.75) is 80.0 Å². The van der Waals surface area contributed by atoms with Crippen LogP contribution in [-0.2, 0) is 9.84 Å². The second-order valence-corrected chi connectivity index (χ2v) is 10.9. The van der Waals surface area contributed by atoms with E-state index in [0.717, 1.165) is 51.4 Å². The van der Waals surface area contributed by atoms with Gasteiger partial charge < -0.3 is 11.1 Å². The number of amides is 1. The van der Waals surface area contributed by atoms with Crippen molar-refractivity contribution in [2.24, 2.45) is 17.6 Å². The molecule has 4 rings (SSSR count). The van der Waals surface area contributed by atoms with E-state index >= 15 is 0 Å². The number of rotatable bonds is 4. The second kappa shape index (κ2) is 8.72. The molecule has 7 heteroatoms. The fourth-order valence-electron chi connectivity index (χ4n) is 5.45. The Morgan fingerprint density at radius 3 is 2.07 bits per heavy atom. The Morgan fingerprint density at radius 2 is 1.50 bits per heavy atom. The van der Waals surface area contributed by atoms with E-state index in [-0.39, 0.29) is 35.6 Å². The molecule has 2 atom stereocenters. The number of fused-ring (bicyclic) bond motifs is 2. The van der Waals surface area contributed by atoms with Crippen molar-refractivity contribution in [3.05, 3.63) is 29.8 Å². The van der Waals surface area contributed by atoms with Crippen molar-refractivity contribution in [2.75, 3.05) is 0 Å². The van der Waals surface area contributed by atoms with Crippen LogP contribution in [0.5, 0.6) is 0 Å². The van der Waals surface area contributed by atoms with Crippen molar-refractivity contribution in [1.29, 1.82) is 0 Å². The van der Waals surface area contributed by atoms with Crippen LogP contribution in [0.25, 0.3) is 0 Å². The van der Waals surface area contributed by atoms with Gasteiger partial charge in [0.1, 0.15) is 0 Å². The lowest BCUT2D eigenvalue weighted by atomic mass is 9.67. The molecule has 3 saturated carbocycles. The van der Waals surface area contributed by atoms with E-state index in [0.29, 0.717) is 22.3 Å². The number of hydrogen-bond donors (Lipinski definition) is 2. The van der Waals surface area contributed by atoms with Gasteiger partial charge in [0.25, 0.3) is 5.91 Å². The van der Waals surface area contributed by atoms with Gasteiger partial charge in [0.15, 0.2) is 9.84 Å². The Balaban J connectivity index is 0.00000225. The molecular weight excluding hydrogens is 396 g/mol. The first-order valence-electron chi connectivity index (χ1n) is 10.4. The topological polar surface area (TPSA) is 89.3 Å². The van der Waals surface area contributed by atoms with Gasteiger partial charge in [-0.15, -0.1) is 12.4 Å².